The van der Waals surface area contributed by atoms with Gasteiger partial charge in [-0.2, -0.15) is 10.2 Å². The van der Waals surface area contributed by atoms with Crippen LogP contribution in [0.5, 0.6) is 0 Å². The number of imide groups is 2. The molecule has 146 valence electrons. The minimum absolute atomic E-state index is 0.0153. The Morgan fingerprint density at radius 2 is 1.79 bits per heavy atom. The zero-order chi connectivity index (χ0) is 20.3. The van der Waals surface area contributed by atoms with Crippen LogP contribution in [0.25, 0.3) is 0 Å². The number of rotatable bonds is 6. The molecule has 3 rings (SSSR count). The van der Waals surface area contributed by atoms with Crippen molar-refractivity contribution in [1.82, 2.24) is 15.6 Å². The molecule has 2 aromatic rings. The van der Waals surface area contributed by atoms with E-state index in [1.807, 2.05) is 17.6 Å². The number of amides is 4. The van der Waals surface area contributed by atoms with Crippen LogP contribution in [0.3, 0.4) is 0 Å². The highest BCUT2D eigenvalue weighted by atomic mass is 32.2. The van der Waals surface area contributed by atoms with Crippen molar-refractivity contribution in [3.05, 3.63) is 35.3 Å². The second-order valence-corrected chi connectivity index (χ2v) is 8.06. The van der Waals surface area contributed by atoms with Gasteiger partial charge < -0.3 is 0 Å². The number of urea groups is 1. The fourth-order valence-corrected chi connectivity index (χ4v) is 4.17. The van der Waals surface area contributed by atoms with Crippen LogP contribution < -0.4 is 15.4 Å². The number of anilines is 1. The smallest absolute Gasteiger partial charge is 0.275 e. The predicted octanol–water partition coefficient (Wildman–Crippen LogP) is 1.32. The summed E-state index contributed by atoms with van der Waals surface area (Å²) in [7, 11) is -3.82. The van der Waals surface area contributed by atoms with Gasteiger partial charge in [0.1, 0.15) is 0 Å². The maximum atomic E-state index is 12.4. The molecule has 1 aliphatic heterocycles. The van der Waals surface area contributed by atoms with Crippen molar-refractivity contribution >= 4 is 50.0 Å². The summed E-state index contributed by atoms with van der Waals surface area (Å²) in [5.41, 5.74) is 1.01. The topological polar surface area (TPSA) is 159 Å². The second kappa shape index (κ2) is 7.82. The van der Waals surface area contributed by atoms with E-state index in [1.54, 1.807) is 5.38 Å². The summed E-state index contributed by atoms with van der Waals surface area (Å²) in [6.45, 7) is 1.92. The summed E-state index contributed by atoms with van der Waals surface area (Å²) in [5, 5.41) is 13.2. The van der Waals surface area contributed by atoms with Crippen LogP contribution in [0, 0.1) is 0 Å². The maximum Gasteiger partial charge on any atom is 0.328 e. The van der Waals surface area contributed by atoms with Crippen molar-refractivity contribution in [3.8, 4) is 0 Å². The summed E-state index contributed by atoms with van der Waals surface area (Å²) in [4.78, 5) is 38.3. The lowest BCUT2D eigenvalue weighted by Crippen LogP contribution is -2.57. The van der Waals surface area contributed by atoms with E-state index < -0.39 is 33.9 Å². The van der Waals surface area contributed by atoms with E-state index in [1.165, 1.54) is 35.6 Å². The zero-order valence-electron chi connectivity index (χ0n) is 14.4. The van der Waals surface area contributed by atoms with Gasteiger partial charge in [-0.15, -0.1) is 11.3 Å². The first-order valence-corrected chi connectivity index (χ1v) is 10.3. The maximum absolute atomic E-state index is 12.4. The van der Waals surface area contributed by atoms with Crippen LogP contribution >= 0.6 is 11.3 Å². The number of carbonyl (C=O) groups is 3. The van der Waals surface area contributed by atoms with Crippen LogP contribution in [0.15, 0.2) is 44.8 Å². The molecule has 2 heterocycles. The number of sulfonamides is 1. The van der Waals surface area contributed by atoms with Gasteiger partial charge in [0.15, 0.2) is 5.13 Å². The van der Waals surface area contributed by atoms with Gasteiger partial charge in [0.2, 0.25) is 6.04 Å². The van der Waals surface area contributed by atoms with Gasteiger partial charge in [0.25, 0.3) is 21.8 Å². The summed E-state index contributed by atoms with van der Waals surface area (Å²) >= 11 is 1.19. The fourth-order valence-electron chi connectivity index (χ4n) is 2.12. The van der Waals surface area contributed by atoms with Gasteiger partial charge >= 0.3 is 6.03 Å². The highest BCUT2D eigenvalue weighted by Gasteiger charge is 2.34. The molecule has 0 saturated carbocycles. The fraction of sp³-hybridized carbons (Fsp3) is 0.200. The molecule has 11 nitrogen and oxygen atoms in total. The Bertz CT molecular complexity index is 1040. The van der Waals surface area contributed by atoms with Crippen LogP contribution in [-0.4, -0.2) is 37.3 Å². The molecule has 1 aromatic carbocycles. The van der Waals surface area contributed by atoms with Crippen LogP contribution in [0.4, 0.5) is 15.6 Å². The molecule has 1 fully saturated rings. The number of thiazole rings is 1. The minimum Gasteiger partial charge on any atom is -0.275 e. The van der Waals surface area contributed by atoms with Crippen molar-refractivity contribution in [3.63, 3.8) is 0 Å². The second-order valence-electron chi connectivity index (χ2n) is 5.52. The predicted molar refractivity (Wildman–Crippen MR) is 98.7 cm³/mol. The SMILES string of the molecule is CCc1csc(NS(=O)(=O)c2ccc(N=NC3C(=O)NC(=O)NC3=O)cc2)n1. The standard InChI is InChI=1S/C15H14N6O5S2/c1-2-8-7-27-15(16-8)21-28(25,26)10-5-3-9(4-6-10)19-20-11-12(22)17-14(24)18-13(11)23/h3-7,11H,2H2,1H3,(H,16,21)(H2,17,18,22,23,24). The van der Waals surface area contributed by atoms with Crippen molar-refractivity contribution in [1.29, 1.82) is 0 Å². The first-order valence-electron chi connectivity index (χ1n) is 7.92. The molecule has 28 heavy (non-hydrogen) atoms. The highest BCUT2D eigenvalue weighted by Crippen LogP contribution is 2.22. The lowest BCUT2D eigenvalue weighted by molar-refractivity contribution is -0.131. The lowest BCUT2D eigenvalue weighted by Gasteiger charge is -2.16. The largest absolute Gasteiger partial charge is 0.328 e. The summed E-state index contributed by atoms with van der Waals surface area (Å²) < 4.78 is 27.2. The molecule has 4 amide bonds. The van der Waals surface area contributed by atoms with Gasteiger partial charge in [-0.1, -0.05) is 6.92 Å². The Labute approximate surface area is 163 Å². The molecule has 1 aromatic heterocycles. The van der Waals surface area contributed by atoms with Gasteiger partial charge in [-0.3, -0.25) is 24.9 Å². The Balaban J connectivity index is 1.71. The molecule has 13 heteroatoms. The molecule has 1 aliphatic rings. The summed E-state index contributed by atoms with van der Waals surface area (Å²) in [6, 6.07) is 2.91. The van der Waals surface area contributed by atoms with Crippen LogP contribution in [-0.2, 0) is 26.0 Å². The van der Waals surface area contributed by atoms with Crippen LogP contribution in [0.1, 0.15) is 12.6 Å². The van der Waals surface area contributed by atoms with Crippen LogP contribution in [0.2, 0.25) is 0 Å². The lowest BCUT2D eigenvalue weighted by atomic mass is 10.2. The molecule has 0 bridgehead atoms. The average Bonchev–Trinajstić information content (AvgIpc) is 3.08. The molecule has 0 spiro atoms. The third-order valence-electron chi connectivity index (χ3n) is 3.54. The Kier molecular flexibility index (Phi) is 5.46. The summed E-state index contributed by atoms with van der Waals surface area (Å²) in [5.74, 6) is -1.79. The molecule has 0 atom stereocenters. The van der Waals surface area contributed by atoms with E-state index >= 15 is 0 Å². The number of carbonyl (C=O) groups excluding carboxylic acids is 3. The molecular formula is C15H14N6O5S2. The first-order chi connectivity index (χ1) is 13.3. The van der Waals surface area contributed by atoms with Crippen molar-refractivity contribution in [2.24, 2.45) is 10.2 Å². The van der Waals surface area contributed by atoms with Crippen molar-refractivity contribution in [2.45, 2.75) is 24.3 Å². The number of nitrogens with one attached hydrogen (secondary N) is 3. The van der Waals surface area contributed by atoms with Gasteiger partial charge in [-0.25, -0.2) is 18.2 Å². The number of nitrogens with zero attached hydrogens (tertiary/aromatic N) is 3. The molecule has 0 radical (unpaired) electrons. The number of azo groups is 1. The number of barbiturate groups is 1. The Hall–Kier alpha value is -3.19. The minimum atomic E-state index is -3.82. The molecule has 0 unspecified atom stereocenters. The van der Waals surface area contributed by atoms with Gasteiger partial charge in [-0.05, 0) is 30.7 Å². The number of aromatic nitrogens is 1. The Morgan fingerprint density at radius 1 is 1.14 bits per heavy atom. The van der Waals surface area contributed by atoms with E-state index in [4.69, 9.17) is 0 Å². The Morgan fingerprint density at radius 3 is 2.36 bits per heavy atom. The van der Waals surface area contributed by atoms with Crippen molar-refractivity contribution in [2.75, 3.05) is 4.72 Å². The zero-order valence-corrected chi connectivity index (χ0v) is 16.0. The monoisotopic (exact) mass is 422 g/mol. The van der Waals surface area contributed by atoms with E-state index in [-0.39, 0.29) is 15.7 Å². The number of hydrogen-bond donors (Lipinski definition) is 3. The highest BCUT2D eigenvalue weighted by molar-refractivity contribution is 7.93. The first kappa shape index (κ1) is 19.6. The molecule has 0 aliphatic carbocycles. The third kappa shape index (κ3) is 4.37. The quantitative estimate of drug-likeness (QED) is 0.470. The van der Waals surface area contributed by atoms with Gasteiger partial charge in [0, 0.05) is 5.38 Å². The third-order valence-corrected chi connectivity index (χ3v) is 5.83. The van der Waals surface area contributed by atoms with Crippen molar-refractivity contribution < 1.29 is 22.8 Å². The van der Waals surface area contributed by atoms with E-state index in [0.717, 1.165) is 5.69 Å². The molecule has 3 N–H and O–H groups in total. The number of benzene rings is 1. The number of hydrogen-bond acceptors (Lipinski definition) is 9. The number of aryl methyl sites for hydroxylation is 1. The average molecular weight is 422 g/mol. The summed E-state index contributed by atoms with van der Waals surface area (Å²) in [6.07, 6.45) is 0.698. The van der Waals surface area contributed by atoms with E-state index in [0.29, 0.717) is 6.42 Å². The van der Waals surface area contributed by atoms with Gasteiger partial charge in [0.05, 0.1) is 16.3 Å². The van der Waals surface area contributed by atoms with E-state index in [2.05, 4.69) is 19.9 Å². The molecule has 1 saturated heterocycles. The normalized spacial score (nSPS) is 15.5. The molecular weight excluding hydrogens is 408 g/mol. The van der Waals surface area contributed by atoms with E-state index in [9.17, 15) is 22.8 Å².